The molecule has 0 aliphatic carbocycles. The van der Waals surface area contributed by atoms with Crippen molar-refractivity contribution in [2.24, 2.45) is 5.92 Å². The number of ether oxygens (including phenoxy) is 1. The maximum absolute atomic E-state index is 11.4. The lowest BCUT2D eigenvalue weighted by atomic mass is 9.87. The summed E-state index contributed by atoms with van der Waals surface area (Å²) in [5.74, 6) is 0.778. The van der Waals surface area contributed by atoms with Crippen LogP contribution in [0, 0.1) is 5.92 Å². The molecule has 14 heavy (non-hydrogen) atoms. The molecule has 3 aliphatic heterocycles. The van der Waals surface area contributed by atoms with Gasteiger partial charge in [0.2, 0.25) is 0 Å². The summed E-state index contributed by atoms with van der Waals surface area (Å²) in [7, 11) is 3.44. The molecule has 2 bridgehead atoms. The molecule has 1 atom stereocenters. The summed E-state index contributed by atoms with van der Waals surface area (Å²) in [5, 5.41) is 0. The van der Waals surface area contributed by atoms with Gasteiger partial charge in [-0.15, -0.1) is 0 Å². The Labute approximate surface area is 84.8 Å². The Bertz CT molecular complexity index is 222. The van der Waals surface area contributed by atoms with E-state index < -0.39 is 0 Å². The summed E-state index contributed by atoms with van der Waals surface area (Å²) in [4.78, 5) is 15.1. The van der Waals surface area contributed by atoms with Crippen molar-refractivity contribution < 1.29 is 9.53 Å². The molecule has 3 saturated heterocycles. The number of fused-ring (bicyclic) bond motifs is 3. The van der Waals surface area contributed by atoms with E-state index in [1.807, 2.05) is 0 Å². The molecule has 80 valence electrons. The van der Waals surface area contributed by atoms with E-state index in [4.69, 9.17) is 4.74 Å². The average molecular weight is 198 g/mol. The number of hydrogen-bond donors (Lipinski definition) is 0. The molecule has 3 fully saturated rings. The highest BCUT2D eigenvalue weighted by Gasteiger charge is 2.35. The third kappa shape index (κ3) is 1.85. The summed E-state index contributed by atoms with van der Waals surface area (Å²) in [6, 6.07) is 0. The molecule has 0 spiro atoms. The first-order valence-electron chi connectivity index (χ1n) is 5.29. The maximum Gasteiger partial charge on any atom is 0.410 e. The molecule has 0 radical (unpaired) electrons. The number of piperidine rings is 3. The smallest absolute Gasteiger partial charge is 0.410 e. The van der Waals surface area contributed by atoms with E-state index in [0.29, 0.717) is 0 Å². The van der Waals surface area contributed by atoms with Crippen LogP contribution in [0.1, 0.15) is 19.3 Å². The Morgan fingerprint density at radius 3 is 2.43 bits per heavy atom. The first-order chi connectivity index (χ1) is 6.66. The van der Waals surface area contributed by atoms with Crippen molar-refractivity contribution in [1.82, 2.24) is 9.80 Å². The molecule has 0 N–H and O–H groups in total. The van der Waals surface area contributed by atoms with Crippen molar-refractivity contribution in [3.63, 3.8) is 0 Å². The van der Waals surface area contributed by atoms with Crippen molar-refractivity contribution >= 4 is 6.09 Å². The minimum atomic E-state index is -0.220. The summed E-state index contributed by atoms with van der Waals surface area (Å²) < 4.78 is 5.40. The van der Waals surface area contributed by atoms with Crippen molar-refractivity contribution in [2.75, 3.05) is 27.2 Å². The van der Waals surface area contributed by atoms with Gasteiger partial charge in [0, 0.05) is 33.6 Å². The second-order valence-corrected chi connectivity index (χ2v) is 4.45. The van der Waals surface area contributed by atoms with Crippen molar-refractivity contribution in [3.8, 4) is 0 Å². The van der Waals surface area contributed by atoms with Crippen molar-refractivity contribution in [1.29, 1.82) is 0 Å². The fraction of sp³-hybridized carbons (Fsp3) is 0.900. The minimum Gasteiger partial charge on any atom is -0.430 e. The molecule has 1 unspecified atom stereocenters. The maximum atomic E-state index is 11.4. The molecule has 4 nitrogen and oxygen atoms in total. The third-order valence-electron chi connectivity index (χ3n) is 3.19. The monoisotopic (exact) mass is 198 g/mol. The largest absolute Gasteiger partial charge is 0.430 e. The van der Waals surface area contributed by atoms with Gasteiger partial charge < -0.3 is 9.64 Å². The van der Waals surface area contributed by atoms with E-state index in [1.165, 1.54) is 17.7 Å². The van der Waals surface area contributed by atoms with E-state index in [2.05, 4.69) is 4.90 Å². The van der Waals surface area contributed by atoms with Crippen LogP contribution in [0.15, 0.2) is 0 Å². The number of hydrogen-bond acceptors (Lipinski definition) is 3. The Kier molecular flexibility index (Phi) is 2.63. The number of nitrogens with zero attached hydrogens (tertiary/aromatic N) is 2. The van der Waals surface area contributed by atoms with E-state index in [0.717, 1.165) is 25.4 Å². The summed E-state index contributed by atoms with van der Waals surface area (Å²) in [6.45, 7) is 2.19. The van der Waals surface area contributed by atoms with Gasteiger partial charge in [-0.2, -0.15) is 0 Å². The second kappa shape index (κ2) is 3.77. The van der Waals surface area contributed by atoms with Crippen molar-refractivity contribution in [2.45, 2.75) is 25.5 Å². The minimum absolute atomic E-state index is 0.0393. The van der Waals surface area contributed by atoms with Gasteiger partial charge in [-0.1, -0.05) is 0 Å². The first kappa shape index (κ1) is 9.77. The molecule has 0 aromatic heterocycles. The second-order valence-electron chi connectivity index (χ2n) is 4.45. The van der Waals surface area contributed by atoms with Gasteiger partial charge in [0.05, 0.1) is 0 Å². The lowest BCUT2D eigenvalue weighted by Crippen LogP contribution is -2.51. The molecule has 0 saturated carbocycles. The van der Waals surface area contributed by atoms with Crippen LogP contribution in [0.5, 0.6) is 0 Å². The Morgan fingerprint density at radius 1 is 1.36 bits per heavy atom. The molecule has 0 aromatic rings. The van der Waals surface area contributed by atoms with Crippen LogP contribution in [0.3, 0.4) is 0 Å². The summed E-state index contributed by atoms with van der Waals surface area (Å²) in [5.41, 5.74) is 0. The highest BCUT2D eigenvalue weighted by Crippen LogP contribution is 2.32. The highest BCUT2D eigenvalue weighted by atomic mass is 16.6. The predicted molar refractivity (Wildman–Crippen MR) is 52.9 cm³/mol. The van der Waals surface area contributed by atoms with Gasteiger partial charge in [0.15, 0.2) is 6.23 Å². The van der Waals surface area contributed by atoms with Gasteiger partial charge >= 0.3 is 6.09 Å². The summed E-state index contributed by atoms with van der Waals surface area (Å²) >= 11 is 0. The molecular formula is C10H18N2O2. The molecule has 3 aliphatic rings. The zero-order valence-electron chi connectivity index (χ0n) is 8.90. The van der Waals surface area contributed by atoms with Crippen LogP contribution in [-0.4, -0.2) is 49.3 Å². The molecule has 3 rings (SSSR count). The predicted octanol–water partition coefficient (Wildman–Crippen LogP) is 1.13. The molecule has 0 aromatic carbocycles. The van der Waals surface area contributed by atoms with Crippen molar-refractivity contribution in [3.05, 3.63) is 0 Å². The average Bonchev–Trinajstić information content (AvgIpc) is 2.19. The van der Waals surface area contributed by atoms with Gasteiger partial charge in [0.1, 0.15) is 0 Å². The van der Waals surface area contributed by atoms with Gasteiger partial charge in [-0.25, -0.2) is 4.79 Å². The SMILES string of the molecule is CN(C)C(=O)OC1CC2CCN1CC2. The number of amides is 1. The third-order valence-corrected chi connectivity index (χ3v) is 3.19. The van der Waals surface area contributed by atoms with Gasteiger partial charge in [-0.3, -0.25) is 4.90 Å². The molecule has 1 amide bonds. The van der Waals surface area contributed by atoms with E-state index in [9.17, 15) is 4.79 Å². The quantitative estimate of drug-likeness (QED) is 0.633. The van der Waals surface area contributed by atoms with Crippen LogP contribution in [0.2, 0.25) is 0 Å². The van der Waals surface area contributed by atoms with Crippen LogP contribution >= 0.6 is 0 Å². The number of carbonyl (C=O) groups excluding carboxylic acids is 1. The Hall–Kier alpha value is -0.770. The van der Waals surface area contributed by atoms with E-state index >= 15 is 0 Å². The van der Waals surface area contributed by atoms with Gasteiger partial charge in [-0.05, 0) is 18.8 Å². The standard InChI is InChI=1S/C10H18N2O2/c1-11(2)10(13)14-9-7-8-3-5-12(9)6-4-8/h8-9H,3-7H2,1-2H3. The van der Waals surface area contributed by atoms with Gasteiger partial charge in [0.25, 0.3) is 0 Å². The topological polar surface area (TPSA) is 32.8 Å². The summed E-state index contributed by atoms with van der Waals surface area (Å²) in [6.07, 6.45) is 3.39. The Balaban J connectivity index is 1.90. The normalized spacial score (nSPS) is 35.4. The fourth-order valence-corrected chi connectivity index (χ4v) is 2.26. The van der Waals surface area contributed by atoms with Crippen LogP contribution < -0.4 is 0 Å². The lowest BCUT2D eigenvalue weighted by molar-refractivity contribution is -0.0887. The molecule has 4 heteroatoms. The van der Waals surface area contributed by atoms with Crippen LogP contribution in [-0.2, 0) is 4.74 Å². The van der Waals surface area contributed by atoms with E-state index in [1.54, 1.807) is 14.1 Å². The fourth-order valence-electron chi connectivity index (χ4n) is 2.26. The van der Waals surface area contributed by atoms with Crippen LogP contribution in [0.25, 0.3) is 0 Å². The molecule has 3 heterocycles. The first-order valence-corrected chi connectivity index (χ1v) is 5.29. The highest BCUT2D eigenvalue weighted by molar-refractivity contribution is 5.66. The zero-order valence-corrected chi connectivity index (χ0v) is 8.90. The Morgan fingerprint density at radius 2 is 2.00 bits per heavy atom. The lowest BCUT2D eigenvalue weighted by Gasteiger charge is -2.44. The van der Waals surface area contributed by atoms with E-state index in [-0.39, 0.29) is 12.3 Å². The van der Waals surface area contributed by atoms with Crippen LogP contribution in [0.4, 0.5) is 4.79 Å². The number of rotatable bonds is 1. The zero-order chi connectivity index (χ0) is 10.1. The molecular weight excluding hydrogens is 180 g/mol. The number of carbonyl (C=O) groups is 1.